The number of aromatic nitrogens is 3. The van der Waals surface area contributed by atoms with Crippen LogP contribution < -0.4 is 14.8 Å². The zero-order chi connectivity index (χ0) is 19.8. The zero-order valence-electron chi connectivity index (χ0n) is 16.3. The molecule has 0 saturated heterocycles. The van der Waals surface area contributed by atoms with Gasteiger partial charge < -0.3 is 19.4 Å². The molecule has 1 aliphatic heterocycles. The van der Waals surface area contributed by atoms with Crippen LogP contribution in [0.4, 0.5) is 5.82 Å². The molecule has 1 N–H and O–H groups in total. The van der Waals surface area contributed by atoms with E-state index < -0.39 is 0 Å². The monoisotopic (exact) mass is 398 g/mol. The van der Waals surface area contributed by atoms with Gasteiger partial charge in [-0.1, -0.05) is 6.92 Å². The van der Waals surface area contributed by atoms with E-state index >= 15 is 0 Å². The van der Waals surface area contributed by atoms with Crippen molar-refractivity contribution in [3.63, 3.8) is 0 Å². The first-order chi connectivity index (χ1) is 13.5. The van der Waals surface area contributed by atoms with Crippen molar-refractivity contribution in [2.24, 2.45) is 7.05 Å². The summed E-state index contributed by atoms with van der Waals surface area (Å²) in [6.45, 7) is 4.05. The fourth-order valence-electron chi connectivity index (χ4n) is 3.31. The molecule has 0 aromatic carbocycles. The van der Waals surface area contributed by atoms with Gasteiger partial charge in [0.2, 0.25) is 5.91 Å². The molecule has 0 radical (unpaired) electrons. The van der Waals surface area contributed by atoms with E-state index in [1.54, 1.807) is 18.0 Å². The number of pyridine rings is 2. The molecular weight excluding hydrogens is 376 g/mol. The van der Waals surface area contributed by atoms with E-state index in [1.165, 1.54) is 6.92 Å². The fraction of sp³-hybridized carbons (Fsp3) is 0.350. The van der Waals surface area contributed by atoms with Crippen LogP contribution in [0.2, 0.25) is 0 Å². The van der Waals surface area contributed by atoms with E-state index in [0.29, 0.717) is 18.2 Å². The lowest BCUT2D eigenvalue weighted by molar-refractivity contribution is -0.114. The van der Waals surface area contributed by atoms with E-state index in [-0.39, 0.29) is 12.0 Å². The number of hydrogen-bond acceptors (Lipinski definition) is 6. The number of amides is 1. The first-order valence-corrected chi connectivity index (χ1v) is 10.3. The van der Waals surface area contributed by atoms with Crippen LogP contribution in [0, 0.1) is 0 Å². The van der Waals surface area contributed by atoms with Gasteiger partial charge in [0.25, 0.3) is 0 Å². The summed E-state index contributed by atoms with van der Waals surface area (Å²) in [5, 5.41) is 4.55. The van der Waals surface area contributed by atoms with Crippen molar-refractivity contribution in [3.8, 4) is 22.8 Å². The molecule has 0 saturated carbocycles. The SMILES string of the molecule is CCC1COc2c(cc(SC)nc2-c2cn(C)c3cnc(NC(C)=O)cc23)O1. The van der Waals surface area contributed by atoms with E-state index in [2.05, 4.69) is 17.2 Å². The zero-order valence-corrected chi connectivity index (χ0v) is 17.1. The van der Waals surface area contributed by atoms with Crippen LogP contribution in [-0.2, 0) is 11.8 Å². The average molecular weight is 398 g/mol. The summed E-state index contributed by atoms with van der Waals surface area (Å²) >= 11 is 1.56. The normalized spacial score (nSPS) is 15.6. The summed E-state index contributed by atoms with van der Waals surface area (Å²) in [6, 6.07) is 3.80. The van der Waals surface area contributed by atoms with Crippen molar-refractivity contribution < 1.29 is 14.3 Å². The van der Waals surface area contributed by atoms with Crippen molar-refractivity contribution in [3.05, 3.63) is 24.5 Å². The largest absolute Gasteiger partial charge is 0.484 e. The molecule has 0 bridgehead atoms. The van der Waals surface area contributed by atoms with E-state index in [4.69, 9.17) is 14.5 Å². The minimum absolute atomic E-state index is 0.0422. The third-order valence-electron chi connectivity index (χ3n) is 4.72. The average Bonchev–Trinajstić information content (AvgIpc) is 3.01. The highest BCUT2D eigenvalue weighted by Crippen LogP contribution is 2.44. The highest BCUT2D eigenvalue weighted by atomic mass is 32.2. The summed E-state index contributed by atoms with van der Waals surface area (Å²) < 4.78 is 14.2. The molecular formula is C20H22N4O3S. The third kappa shape index (κ3) is 3.28. The van der Waals surface area contributed by atoms with Crippen LogP contribution in [-0.4, -0.2) is 39.4 Å². The summed E-state index contributed by atoms with van der Waals surface area (Å²) in [5.41, 5.74) is 2.59. The second-order valence-electron chi connectivity index (χ2n) is 6.72. The number of ether oxygens (including phenoxy) is 2. The second-order valence-corrected chi connectivity index (χ2v) is 7.55. The number of carbonyl (C=O) groups excluding carboxylic acids is 1. The minimum atomic E-state index is -0.161. The Morgan fingerprint density at radius 2 is 2.25 bits per heavy atom. The number of rotatable bonds is 4. The van der Waals surface area contributed by atoms with Crippen LogP contribution in [0.25, 0.3) is 22.2 Å². The third-order valence-corrected chi connectivity index (χ3v) is 5.35. The standard InChI is InChI=1S/C20H22N4O3S/c1-5-12-10-26-20-16(27-12)7-18(28-4)23-19(20)14-9-24(3)15-8-21-17(6-13(14)15)22-11(2)25/h6-9,12H,5,10H2,1-4H3,(H,21,22,25). The maximum atomic E-state index is 11.4. The molecule has 1 atom stereocenters. The van der Waals surface area contributed by atoms with Gasteiger partial charge in [-0.3, -0.25) is 4.79 Å². The molecule has 0 aliphatic carbocycles. The van der Waals surface area contributed by atoms with Gasteiger partial charge in [0.15, 0.2) is 11.5 Å². The van der Waals surface area contributed by atoms with E-state index in [9.17, 15) is 4.79 Å². The molecule has 8 heteroatoms. The lowest BCUT2D eigenvalue weighted by Crippen LogP contribution is -2.28. The Morgan fingerprint density at radius 1 is 1.43 bits per heavy atom. The molecule has 1 aliphatic rings. The Bertz CT molecular complexity index is 1060. The summed E-state index contributed by atoms with van der Waals surface area (Å²) in [4.78, 5) is 20.6. The molecule has 1 unspecified atom stereocenters. The first-order valence-electron chi connectivity index (χ1n) is 9.11. The lowest BCUT2D eigenvalue weighted by Gasteiger charge is -2.27. The Labute approximate surface area is 167 Å². The van der Waals surface area contributed by atoms with Gasteiger partial charge in [0.05, 0.1) is 11.7 Å². The molecule has 1 amide bonds. The fourth-order valence-corrected chi connectivity index (χ4v) is 3.72. The van der Waals surface area contributed by atoms with Gasteiger partial charge in [-0.25, -0.2) is 9.97 Å². The molecule has 0 spiro atoms. The molecule has 4 rings (SSSR count). The second kappa shape index (κ2) is 7.35. The smallest absolute Gasteiger partial charge is 0.222 e. The lowest BCUT2D eigenvalue weighted by atomic mass is 10.1. The number of nitrogens with zero attached hydrogens (tertiary/aromatic N) is 3. The van der Waals surface area contributed by atoms with Crippen molar-refractivity contribution in [2.75, 3.05) is 18.2 Å². The van der Waals surface area contributed by atoms with Gasteiger partial charge in [-0.15, -0.1) is 11.8 Å². The van der Waals surface area contributed by atoms with Crippen LogP contribution in [0.1, 0.15) is 20.3 Å². The number of anilines is 1. The highest BCUT2D eigenvalue weighted by molar-refractivity contribution is 7.98. The Kier molecular flexibility index (Phi) is 4.89. The predicted molar refractivity (Wildman–Crippen MR) is 110 cm³/mol. The molecule has 0 fully saturated rings. The molecule has 3 aromatic heterocycles. The minimum Gasteiger partial charge on any atom is -0.484 e. The Hall–Kier alpha value is -2.74. The van der Waals surface area contributed by atoms with Crippen LogP contribution >= 0.6 is 11.8 Å². The molecule has 3 aromatic rings. The number of thioether (sulfide) groups is 1. The number of fused-ring (bicyclic) bond motifs is 2. The highest BCUT2D eigenvalue weighted by Gasteiger charge is 2.26. The Morgan fingerprint density at radius 3 is 2.96 bits per heavy atom. The molecule has 7 nitrogen and oxygen atoms in total. The van der Waals surface area contributed by atoms with E-state index in [1.807, 2.05) is 36.2 Å². The molecule has 4 heterocycles. The van der Waals surface area contributed by atoms with Crippen molar-refractivity contribution >= 4 is 34.4 Å². The van der Waals surface area contributed by atoms with Crippen LogP contribution in [0.15, 0.2) is 29.6 Å². The van der Waals surface area contributed by atoms with Crippen molar-refractivity contribution in [1.82, 2.24) is 14.5 Å². The molecule has 146 valence electrons. The number of nitrogens with one attached hydrogen (secondary N) is 1. The first kappa shape index (κ1) is 18.6. The maximum absolute atomic E-state index is 11.4. The number of hydrogen-bond donors (Lipinski definition) is 1. The quantitative estimate of drug-likeness (QED) is 0.672. The van der Waals surface area contributed by atoms with Crippen LogP contribution in [0.5, 0.6) is 11.5 Å². The predicted octanol–water partition coefficient (Wildman–Crippen LogP) is 3.87. The van der Waals surface area contributed by atoms with E-state index in [0.717, 1.165) is 39.4 Å². The van der Waals surface area contributed by atoms with Gasteiger partial charge in [0, 0.05) is 37.2 Å². The van der Waals surface area contributed by atoms with Gasteiger partial charge in [-0.2, -0.15) is 0 Å². The van der Waals surface area contributed by atoms with Gasteiger partial charge in [0.1, 0.15) is 29.2 Å². The number of aryl methyl sites for hydroxylation is 1. The summed E-state index contributed by atoms with van der Waals surface area (Å²) in [6.07, 6.45) is 6.67. The summed E-state index contributed by atoms with van der Waals surface area (Å²) in [5.74, 6) is 1.73. The topological polar surface area (TPSA) is 78.3 Å². The van der Waals surface area contributed by atoms with Crippen LogP contribution in [0.3, 0.4) is 0 Å². The van der Waals surface area contributed by atoms with Gasteiger partial charge in [-0.05, 0) is 18.7 Å². The Balaban J connectivity index is 1.91. The number of carbonyl (C=O) groups is 1. The van der Waals surface area contributed by atoms with Gasteiger partial charge >= 0.3 is 0 Å². The molecule has 28 heavy (non-hydrogen) atoms. The van der Waals surface area contributed by atoms with Crippen molar-refractivity contribution in [1.29, 1.82) is 0 Å². The maximum Gasteiger partial charge on any atom is 0.222 e. The summed E-state index contributed by atoms with van der Waals surface area (Å²) in [7, 11) is 1.96. The van der Waals surface area contributed by atoms with Crippen molar-refractivity contribution in [2.45, 2.75) is 31.4 Å².